The maximum atomic E-state index is 12.3. The number of rotatable bonds is 5. The Morgan fingerprint density at radius 3 is 2.88 bits per heavy atom. The maximum Gasteiger partial charge on any atom is 0.273 e. The molecule has 1 saturated heterocycles. The van der Waals surface area contributed by atoms with E-state index in [1.165, 1.54) is 0 Å². The minimum absolute atomic E-state index is 0.151. The molecule has 1 aromatic heterocycles. The number of aromatic nitrogens is 1. The largest absolute Gasteiger partial charge is 0.508 e. The summed E-state index contributed by atoms with van der Waals surface area (Å²) >= 11 is 0. The van der Waals surface area contributed by atoms with Crippen molar-refractivity contribution in [2.75, 3.05) is 26.3 Å². The van der Waals surface area contributed by atoms with Crippen molar-refractivity contribution in [3.05, 3.63) is 47.3 Å². The number of nitrogens with one attached hydrogen (secondary N) is 1. The van der Waals surface area contributed by atoms with Gasteiger partial charge >= 0.3 is 0 Å². The van der Waals surface area contributed by atoms with E-state index in [0.29, 0.717) is 31.1 Å². The number of carbonyl (C=O) groups is 1. The van der Waals surface area contributed by atoms with Gasteiger partial charge in [0.2, 0.25) is 0 Å². The van der Waals surface area contributed by atoms with E-state index in [2.05, 4.69) is 15.4 Å². The zero-order valence-electron chi connectivity index (χ0n) is 13.6. The number of hydrogen-bond acceptors (Lipinski definition) is 6. The number of phenols is 1. The van der Waals surface area contributed by atoms with Gasteiger partial charge in [-0.05, 0) is 13.0 Å². The summed E-state index contributed by atoms with van der Waals surface area (Å²) in [6.45, 7) is 5.51. The van der Waals surface area contributed by atoms with E-state index in [-0.39, 0.29) is 23.4 Å². The Labute approximate surface area is 140 Å². The summed E-state index contributed by atoms with van der Waals surface area (Å²) in [5, 5.41) is 16.5. The van der Waals surface area contributed by atoms with Crippen LogP contribution in [0.3, 0.4) is 0 Å². The Balaban J connectivity index is 1.60. The van der Waals surface area contributed by atoms with E-state index >= 15 is 0 Å². The lowest BCUT2D eigenvalue weighted by atomic mass is 10.1. The highest BCUT2D eigenvalue weighted by Crippen LogP contribution is 2.23. The van der Waals surface area contributed by atoms with Crippen molar-refractivity contribution in [2.24, 2.45) is 0 Å². The number of nitrogens with zero attached hydrogens (tertiary/aromatic N) is 2. The number of para-hydroxylation sites is 1. The van der Waals surface area contributed by atoms with Gasteiger partial charge < -0.3 is 19.7 Å². The van der Waals surface area contributed by atoms with Crippen molar-refractivity contribution in [2.45, 2.75) is 19.5 Å². The topological polar surface area (TPSA) is 87.8 Å². The van der Waals surface area contributed by atoms with E-state index in [9.17, 15) is 9.90 Å². The van der Waals surface area contributed by atoms with Crippen molar-refractivity contribution < 1.29 is 19.2 Å². The van der Waals surface area contributed by atoms with Crippen LogP contribution < -0.4 is 5.32 Å². The van der Waals surface area contributed by atoms with Crippen LogP contribution in [0.1, 0.15) is 34.8 Å². The van der Waals surface area contributed by atoms with Crippen LogP contribution in [0, 0.1) is 0 Å². The normalized spacial score (nSPS) is 16.7. The molecule has 128 valence electrons. The molecule has 0 radical (unpaired) electrons. The Hall–Kier alpha value is -2.38. The molecule has 1 atom stereocenters. The second kappa shape index (κ2) is 7.46. The van der Waals surface area contributed by atoms with Gasteiger partial charge in [0.15, 0.2) is 11.5 Å². The van der Waals surface area contributed by atoms with E-state index in [1.807, 2.05) is 13.0 Å². The van der Waals surface area contributed by atoms with Crippen LogP contribution >= 0.6 is 0 Å². The van der Waals surface area contributed by atoms with Crippen LogP contribution in [0.5, 0.6) is 5.75 Å². The second-order valence-corrected chi connectivity index (χ2v) is 5.82. The molecular weight excluding hydrogens is 310 g/mol. The third kappa shape index (κ3) is 3.93. The molecule has 0 spiro atoms. The monoisotopic (exact) mass is 331 g/mol. The number of ether oxygens (including phenoxy) is 1. The lowest BCUT2D eigenvalue weighted by molar-refractivity contribution is 0.0305. The summed E-state index contributed by atoms with van der Waals surface area (Å²) in [6.07, 6.45) is 0. The van der Waals surface area contributed by atoms with Crippen LogP contribution in [-0.2, 0) is 11.3 Å². The standard InChI is InChI=1S/C17H21N3O4/c1-12(14-4-2-3-5-16(14)21)18-17(22)15-10-13(24-19-15)11-20-6-8-23-9-7-20/h2-5,10,12,21H,6-9,11H2,1H3,(H,18,22)/t12-/m1/s1. The number of morpholine rings is 1. The van der Waals surface area contributed by atoms with Crippen molar-refractivity contribution in [3.8, 4) is 5.75 Å². The molecule has 1 aromatic carbocycles. The smallest absolute Gasteiger partial charge is 0.273 e. The molecule has 1 amide bonds. The highest BCUT2D eigenvalue weighted by molar-refractivity contribution is 5.92. The Bertz CT molecular complexity index is 695. The molecule has 3 rings (SSSR count). The number of aromatic hydroxyl groups is 1. The second-order valence-electron chi connectivity index (χ2n) is 5.82. The molecule has 7 heteroatoms. The summed E-state index contributed by atoms with van der Waals surface area (Å²) in [4.78, 5) is 14.5. The van der Waals surface area contributed by atoms with E-state index in [0.717, 1.165) is 13.1 Å². The summed E-state index contributed by atoms with van der Waals surface area (Å²) in [5.41, 5.74) is 0.892. The van der Waals surface area contributed by atoms with Gasteiger partial charge in [-0.2, -0.15) is 0 Å². The summed E-state index contributed by atoms with van der Waals surface area (Å²) in [7, 11) is 0. The Kier molecular flexibility index (Phi) is 5.12. The Morgan fingerprint density at radius 2 is 2.12 bits per heavy atom. The molecular formula is C17H21N3O4. The molecule has 1 aliphatic heterocycles. The zero-order valence-corrected chi connectivity index (χ0v) is 13.6. The average Bonchev–Trinajstić information content (AvgIpc) is 3.04. The molecule has 0 saturated carbocycles. The summed E-state index contributed by atoms with van der Waals surface area (Å²) in [5.74, 6) is 0.471. The first-order valence-electron chi connectivity index (χ1n) is 7.98. The fourth-order valence-electron chi connectivity index (χ4n) is 2.68. The van der Waals surface area contributed by atoms with Gasteiger partial charge in [-0.1, -0.05) is 23.4 Å². The van der Waals surface area contributed by atoms with Gasteiger partial charge in [0.25, 0.3) is 5.91 Å². The lowest BCUT2D eigenvalue weighted by Gasteiger charge is -2.25. The molecule has 0 aliphatic carbocycles. The van der Waals surface area contributed by atoms with E-state index in [1.54, 1.807) is 24.3 Å². The first-order valence-corrected chi connectivity index (χ1v) is 7.98. The Morgan fingerprint density at radius 1 is 1.38 bits per heavy atom. The molecule has 1 aliphatic rings. The highest BCUT2D eigenvalue weighted by atomic mass is 16.5. The first kappa shape index (κ1) is 16.5. The molecule has 2 heterocycles. The van der Waals surface area contributed by atoms with Crippen LogP contribution in [-0.4, -0.2) is 47.4 Å². The fraction of sp³-hybridized carbons (Fsp3) is 0.412. The minimum Gasteiger partial charge on any atom is -0.508 e. The highest BCUT2D eigenvalue weighted by Gasteiger charge is 2.19. The number of phenolic OH excluding ortho intramolecular Hbond substituents is 1. The van der Waals surface area contributed by atoms with Gasteiger partial charge in [-0.25, -0.2) is 0 Å². The van der Waals surface area contributed by atoms with Crippen LogP contribution in [0.15, 0.2) is 34.9 Å². The van der Waals surface area contributed by atoms with Gasteiger partial charge in [-0.15, -0.1) is 0 Å². The van der Waals surface area contributed by atoms with Crippen LogP contribution in [0.4, 0.5) is 0 Å². The molecule has 2 N–H and O–H groups in total. The molecule has 24 heavy (non-hydrogen) atoms. The SMILES string of the molecule is C[C@@H](NC(=O)c1cc(CN2CCOCC2)on1)c1ccccc1O. The number of hydrogen-bond donors (Lipinski definition) is 2. The predicted octanol–water partition coefficient (Wildman–Crippen LogP) is 1.70. The number of benzene rings is 1. The van der Waals surface area contributed by atoms with Crippen LogP contribution in [0.2, 0.25) is 0 Å². The fourth-order valence-corrected chi connectivity index (χ4v) is 2.68. The first-order chi connectivity index (χ1) is 11.6. The predicted molar refractivity (Wildman–Crippen MR) is 86.6 cm³/mol. The van der Waals surface area contributed by atoms with Gasteiger partial charge in [-0.3, -0.25) is 9.69 Å². The molecule has 0 unspecified atom stereocenters. The third-order valence-corrected chi connectivity index (χ3v) is 4.03. The molecule has 1 fully saturated rings. The molecule has 0 bridgehead atoms. The minimum atomic E-state index is -0.335. The van der Waals surface area contributed by atoms with Gasteiger partial charge in [0.05, 0.1) is 25.8 Å². The van der Waals surface area contributed by atoms with E-state index in [4.69, 9.17) is 9.26 Å². The van der Waals surface area contributed by atoms with Crippen molar-refractivity contribution in [1.29, 1.82) is 0 Å². The van der Waals surface area contributed by atoms with Gasteiger partial charge in [0.1, 0.15) is 5.75 Å². The summed E-state index contributed by atoms with van der Waals surface area (Å²) in [6, 6.07) is 8.24. The van der Waals surface area contributed by atoms with E-state index < -0.39 is 0 Å². The summed E-state index contributed by atoms with van der Waals surface area (Å²) < 4.78 is 10.6. The number of amides is 1. The van der Waals surface area contributed by atoms with Crippen molar-refractivity contribution in [1.82, 2.24) is 15.4 Å². The molecule has 2 aromatic rings. The average molecular weight is 331 g/mol. The lowest BCUT2D eigenvalue weighted by Crippen LogP contribution is -2.35. The van der Waals surface area contributed by atoms with Crippen LogP contribution in [0.25, 0.3) is 0 Å². The zero-order chi connectivity index (χ0) is 16.9. The van der Waals surface area contributed by atoms with Crippen molar-refractivity contribution in [3.63, 3.8) is 0 Å². The van der Waals surface area contributed by atoms with Crippen molar-refractivity contribution >= 4 is 5.91 Å². The third-order valence-electron chi connectivity index (χ3n) is 4.03. The van der Waals surface area contributed by atoms with Gasteiger partial charge in [0, 0.05) is 24.7 Å². The molecule has 7 nitrogen and oxygen atoms in total. The number of carbonyl (C=O) groups excluding carboxylic acids is 1. The maximum absolute atomic E-state index is 12.3. The quantitative estimate of drug-likeness (QED) is 0.867.